The van der Waals surface area contributed by atoms with Crippen LogP contribution in [-0.2, 0) is 20.8 Å². The summed E-state index contributed by atoms with van der Waals surface area (Å²) < 4.78 is 17.4. The van der Waals surface area contributed by atoms with E-state index in [0.717, 1.165) is 5.56 Å². The molecule has 3 rings (SSSR count). The number of carbonyl (C=O) groups excluding carboxylic acids is 3. The fraction of sp³-hybridized carbons (Fsp3) is 0.267. The van der Waals surface area contributed by atoms with Crippen LogP contribution in [0.2, 0.25) is 10.0 Å². The van der Waals surface area contributed by atoms with Crippen molar-refractivity contribution in [2.24, 2.45) is 10.8 Å². The molecule has 0 radical (unpaired) electrons. The number of ether oxygens (including phenoxy) is 3. The molecule has 3 aromatic rings. The van der Waals surface area contributed by atoms with Crippen LogP contribution in [-0.4, -0.2) is 49.8 Å². The number of carbonyl (C=O) groups is 3. The summed E-state index contributed by atoms with van der Waals surface area (Å²) >= 11 is 14.1. The number of primary amides is 1. The number of nitrogens with two attached hydrogens (primary N) is 1. The highest BCUT2D eigenvalue weighted by Crippen LogP contribution is 2.34. The third kappa shape index (κ3) is 11.6. The minimum absolute atomic E-state index is 0.135. The van der Waals surface area contributed by atoms with Crippen molar-refractivity contribution in [3.63, 3.8) is 0 Å². The minimum Gasteiger partial charge on any atom is -0.492 e. The van der Waals surface area contributed by atoms with Crippen molar-refractivity contribution in [2.75, 3.05) is 19.8 Å². The van der Waals surface area contributed by atoms with E-state index in [1.807, 2.05) is 59.8 Å². The van der Waals surface area contributed by atoms with Gasteiger partial charge in [-0.05, 0) is 77.4 Å². The molecule has 10 nitrogen and oxygen atoms in total. The molecule has 43 heavy (non-hydrogen) atoms. The van der Waals surface area contributed by atoms with Crippen LogP contribution < -0.4 is 30.7 Å². The predicted octanol–water partition coefficient (Wildman–Crippen LogP) is 4.90. The van der Waals surface area contributed by atoms with E-state index in [4.69, 9.17) is 43.1 Å². The molecule has 0 fully saturated rings. The molecule has 228 valence electrons. The lowest BCUT2D eigenvalue weighted by molar-refractivity contribution is -0.129. The highest BCUT2D eigenvalue weighted by molar-refractivity contribution is 14.1. The van der Waals surface area contributed by atoms with Crippen molar-refractivity contribution in [3.8, 4) is 17.2 Å². The zero-order valence-electron chi connectivity index (χ0n) is 23.3. The largest absolute Gasteiger partial charge is 0.492 e. The first-order chi connectivity index (χ1) is 20.7. The second-order valence-electron chi connectivity index (χ2n) is 9.09. The normalized spacial score (nSPS) is 11.5. The van der Waals surface area contributed by atoms with Gasteiger partial charge in [0.15, 0.2) is 18.1 Å². The summed E-state index contributed by atoms with van der Waals surface area (Å²) in [5, 5.41) is 7.77. The van der Waals surface area contributed by atoms with Crippen molar-refractivity contribution in [3.05, 3.63) is 85.4 Å². The van der Waals surface area contributed by atoms with Crippen molar-refractivity contribution in [1.82, 2.24) is 10.7 Å². The number of nitrogens with one attached hydrogen (secondary N) is 2. The van der Waals surface area contributed by atoms with E-state index < -0.39 is 17.9 Å². The lowest BCUT2D eigenvalue weighted by atomic mass is 10.1. The van der Waals surface area contributed by atoms with E-state index in [2.05, 4.69) is 15.8 Å². The third-order valence-corrected chi connectivity index (χ3v) is 7.04. The van der Waals surface area contributed by atoms with E-state index in [1.165, 1.54) is 6.21 Å². The van der Waals surface area contributed by atoms with Crippen LogP contribution in [0.25, 0.3) is 0 Å². The zero-order valence-corrected chi connectivity index (χ0v) is 26.9. The summed E-state index contributed by atoms with van der Waals surface area (Å²) in [7, 11) is 0. The van der Waals surface area contributed by atoms with Crippen LogP contribution in [0.5, 0.6) is 17.2 Å². The van der Waals surface area contributed by atoms with Gasteiger partial charge in [0.25, 0.3) is 11.8 Å². The second-order valence-corrected chi connectivity index (χ2v) is 11.1. The zero-order chi connectivity index (χ0) is 31.2. The first-order valence-corrected chi connectivity index (χ1v) is 15.1. The Morgan fingerprint density at radius 2 is 1.79 bits per heavy atom. The molecule has 0 aromatic heterocycles. The van der Waals surface area contributed by atoms with Crippen LogP contribution in [0.3, 0.4) is 0 Å². The van der Waals surface area contributed by atoms with Crippen LogP contribution in [0.15, 0.2) is 65.8 Å². The number of hydrogen-bond donors (Lipinski definition) is 3. The number of rotatable bonds is 16. The van der Waals surface area contributed by atoms with E-state index in [0.29, 0.717) is 49.5 Å². The quantitative estimate of drug-likeness (QED) is 0.0827. The maximum Gasteiger partial charge on any atom is 0.262 e. The Balaban J connectivity index is 1.62. The van der Waals surface area contributed by atoms with E-state index >= 15 is 0 Å². The molecule has 0 unspecified atom stereocenters. The minimum atomic E-state index is -0.873. The van der Waals surface area contributed by atoms with E-state index in [-0.39, 0.29) is 32.0 Å². The number of hydrogen-bond acceptors (Lipinski definition) is 7. The summed E-state index contributed by atoms with van der Waals surface area (Å²) in [4.78, 5) is 37.0. The Morgan fingerprint density at radius 1 is 1.02 bits per heavy atom. The molecular formula is C30H31Cl2IN4O6. The molecule has 0 spiro atoms. The molecule has 0 aliphatic carbocycles. The summed E-state index contributed by atoms with van der Waals surface area (Å²) in [6.45, 7) is 2.14. The second kappa shape index (κ2) is 17.5. The van der Waals surface area contributed by atoms with Gasteiger partial charge in [0, 0.05) is 17.9 Å². The molecule has 4 N–H and O–H groups in total. The van der Waals surface area contributed by atoms with Gasteiger partial charge < -0.3 is 25.3 Å². The Kier molecular flexibility index (Phi) is 13.8. The monoisotopic (exact) mass is 740 g/mol. The van der Waals surface area contributed by atoms with Crippen molar-refractivity contribution >= 4 is 69.7 Å². The van der Waals surface area contributed by atoms with Gasteiger partial charge in [-0.3, -0.25) is 14.4 Å². The van der Waals surface area contributed by atoms with Gasteiger partial charge >= 0.3 is 0 Å². The average Bonchev–Trinajstić information content (AvgIpc) is 2.96. The predicted molar refractivity (Wildman–Crippen MR) is 174 cm³/mol. The van der Waals surface area contributed by atoms with Crippen LogP contribution >= 0.6 is 45.8 Å². The molecular weight excluding hydrogens is 710 g/mol. The highest BCUT2D eigenvalue weighted by Gasteiger charge is 2.21. The topological polar surface area (TPSA) is 141 Å². The van der Waals surface area contributed by atoms with Crippen LogP contribution in [0, 0.1) is 3.57 Å². The average molecular weight is 741 g/mol. The fourth-order valence-corrected chi connectivity index (χ4v) is 5.03. The molecule has 3 amide bonds. The SMILES string of the molecule is CCOc1cc(/C=N\NC(=O)[C@@H](Cc2ccccc2)NC(=O)CCCOc2ccc(Cl)cc2Cl)cc(I)c1OCC(N)=O. The Hall–Kier alpha value is -3.55. The maximum absolute atomic E-state index is 13.1. The number of hydrazone groups is 1. The van der Waals surface area contributed by atoms with Gasteiger partial charge in [0.1, 0.15) is 11.8 Å². The molecule has 3 aromatic carbocycles. The molecule has 0 heterocycles. The molecule has 13 heteroatoms. The first kappa shape index (κ1) is 33.9. The Bertz CT molecular complexity index is 1440. The smallest absolute Gasteiger partial charge is 0.262 e. The summed E-state index contributed by atoms with van der Waals surface area (Å²) in [6, 6.07) is 16.8. The lowest BCUT2D eigenvalue weighted by Gasteiger charge is -2.17. The van der Waals surface area contributed by atoms with E-state index in [9.17, 15) is 14.4 Å². The third-order valence-electron chi connectivity index (χ3n) is 5.71. The van der Waals surface area contributed by atoms with E-state index in [1.54, 1.807) is 30.3 Å². The molecule has 0 saturated heterocycles. The molecule has 0 saturated carbocycles. The van der Waals surface area contributed by atoms with Gasteiger partial charge in [-0.2, -0.15) is 5.10 Å². The standard InChI is InChI=1S/C30H31Cl2IN4O6/c1-2-41-26-15-20(13-23(33)29(26)43-18-27(34)38)17-35-37-30(40)24(14-19-7-4-3-5-8-19)36-28(39)9-6-12-42-25-11-10-21(31)16-22(25)32/h3-5,7-8,10-11,13,15-17,24H,2,6,9,12,14,18H2,1H3,(H2,34,38)(H,36,39)(H,37,40)/b35-17-/t24-/m1/s1. The van der Waals surface area contributed by atoms with Crippen LogP contribution in [0.4, 0.5) is 0 Å². The Morgan fingerprint density at radius 3 is 2.49 bits per heavy atom. The number of halogens is 3. The lowest BCUT2D eigenvalue weighted by Crippen LogP contribution is -2.46. The molecule has 1 atom stereocenters. The van der Waals surface area contributed by atoms with Gasteiger partial charge in [-0.25, -0.2) is 5.43 Å². The number of amides is 3. The maximum atomic E-state index is 13.1. The van der Waals surface area contributed by atoms with Gasteiger partial charge in [0.05, 0.1) is 28.0 Å². The van der Waals surface area contributed by atoms with Crippen LogP contribution in [0.1, 0.15) is 30.9 Å². The van der Waals surface area contributed by atoms with Gasteiger partial charge in [0.2, 0.25) is 5.91 Å². The Labute approximate surface area is 273 Å². The number of nitrogens with zero attached hydrogens (tertiary/aromatic N) is 1. The molecule has 0 bridgehead atoms. The number of benzene rings is 3. The highest BCUT2D eigenvalue weighted by atomic mass is 127. The van der Waals surface area contributed by atoms with Gasteiger partial charge in [-0.1, -0.05) is 53.5 Å². The summed E-state index contributed by atoms with van der Waals surface area (Å²) in [5.74, 6) is -0.150. The first-order valence-electron chi connectivity index (χ1n) is 13.3. The fourth-order valence-electron chi connectivity index (χ4n) is 3.79. The van der Waals surface area contributed by atoms with Crippen molar-refractivity contribution < 1.29 is 28.6 Å². The molecule has 0 aliphatic rings. The van der Waals surface area contributed by atoms with Crippen molar-refractivity contribution in [2.45, 2.75) is 32.2 Å². The van der Waals surface area contributed by atoms with Crippen molar-refractivity contribution in [1.29, 1.82) is 0 Å². The summed E-state index contributed by atoms with van der Waals surface area (Å²) in [6.07, 6.45) is 2.25. The van der Waals surface area contributed by atoms with Gasteiger partial charge in [-0.15, -0.1) is 0 Å². The molecule has 0 aliphatic heterocycles. The summed E-state index contributed by atoms with van der Waals surface area (Å²) in [5.41, 5.74) is 9.19.